The second-order valence-electron chi connectivity index (χ2n) is 8.53. The van der Waals surface area contributed by atoms with Crippen molar-refractivity contribution in [3.8, 4) is 0 Å². The van der Waals surface area contributed by atoms with Gasteiger partial charge in [0.05, 0.1) is 0 Å². The van der Waals surface area contributed by atoms with Gasteiger partial charge in [-0.15, -0.1) is 23.2 Å². The standard InChI is InChI=1S/C12H15Cl2NO3.C12H23N/c13-5-7-15(8-6-14)10-3-1-9(2-4-10)11(16)12(17)18;1-3-7-11(8-4-1)13-12-9-5-2-6-10-12/h1-4,11,16H,5-8H2,(H,17,18);11-13H,1-10H2. The molecule has 2 aliphatic carbocycles. The molecule has 0 saturated heterocycles. The van der Waals surface area contributed by atoms with E-state index in [1.54, 1.807) is 24.3 Å². The van der Waals surface area contributed by atoms with Crippen molar-refractivity contribution in [3.05, 3.63) is 29.8 Å². The second kappa shape index (κ2) is 14.9. The van der Waals surface area contributed by atoms with Gasteiger partial charge in [0, 0.05) is 42.6 Å². The molecular weight excluding hydrogens is 435 g/mol. The summed E-state index contributed by atoms with van der Waals surface area (Å²) in [6.07, 6.45) is 13.1. The Morgan fingerprint density at radius 2 is 1.35 bits per heavy atom. The molecule has 1 aromatic rings. The van der Waals surface area contributed by atoms with E-state index in [1.807, 2.05) is 4.90 Å². The van der Waals surface area contributed by atoms with Gasteiger partial charge in [0.25, 0.3) is 0 Å². The third-order valence-corrected chi connectivity index (χ3v) is 6.54. The van der Waals surface area contributed by atoms with Crippen molar-refractivity contribution in [1.29, 1.82) is 0 Å². The van der Waals surface area contributed by atoms with Crippen molar-refractivity contribution in [3.63, 3.8) is 0 Å². The number of rotatable bonds is 9. The van der Waals surface area contributed by atoms with Gasteiger partial charge in [-0.05, 0) is 43.4 Å². The quantitative estimate of drug-likeness (QED) is 0.423. The van der Waals surface area contributed by atoms with Gasteiger partial charge in [0.2, 0.25) is 0 Å². The first kappa shape index (κ1) is 26.2. The molecule has 0 amide bonds. The molecule has 2 saturated carbocycles. The zero-order chi connectivity index (χ0) is 22.5. The predicted molar refractivity (Wildman–Crippen MR) is 130 cm³/mol. The summed E-state index contributed by atoms with van der Waals surface area (Å²) in [5, 5.41) is 21.9. The Hall–Kier alpha value is -1.01. The molecule has 0 bridgehead atoms. The van der Waals surface area contributed by atoms with Crippen molar-refractivity contribution in [2.45, 2.75) is 82.4 Å². The Labute approximate surface area is 197 Å². The lowest BCUT2D eigenvalue weighted by Gasteiger charge is -2.30. The zero-order valence-corrected chi connectivity index (χ0v) is 20.0. The lowest BCUT2D eigenvalue weighted by molar-refractivity contribution is -0.146. The van der Waals surface area contributed by atoms with E-state index < -0.39 is 12.1 Å². The van der Waals surface area contributed by atoms with Crippen LogP contribution < -0.4 is 10.2 Å². The summed E-state index contributed by atoms with van der Waals surface area (Å²) in [6.45, 7) is 1.32. The SMILES string of the molecule is C1CCC(NC2CCCCC2)CC1.O=C(O)C(O)c1ccc(N(CCCl)CCCl)cc1. The smallest absolute Gasteiger partial charge is 0.337 e. The topological polar surface area (TPSA) is 72.8 Å². The number of aliphatic hydroxyl groups excluding tert-OH is 1. The summed E-state index contributed by atoms with van der Waals surface area (Å²) in [6, 6.07) is 8.42. The van der Waals surface area contributed by atoms with E-state index in [0.29, 0.717) is 30.4 Å². The van der Waals surface area contributed by atoms with Crippen LogP contribution in [0.5, 0.6) is 0 Å². The molecule has 3 rings (SSSR count). The predicted octanol–water partition coefficient (Wildman–Crippen LogP) is 5.33. The zero-order valence-electron chi connectivity index (χ0n) is 18.4. The molecule has 7 heteroatoms. The molecule has 0 aromatic heterocycles. The Kier molecular flexibility index (Phi) is 12.6. The molecule has 0 aliphatic heterocycles. The van der Waals surface area contributed by atoms with E-state index in [0.717, 1.165) is 17.8 Å². The first-order chi connectivity index (χ1) is 15.0. The van der Waals surface area contributed by atoms with Crippen LogP contribution in [0.2, 0.25) is 0 Å². The minimum atomic E-state index is -1.49. The van der Waals surface area contributed by atoms with E-state index in [4.69, 9.17) is 28.3 Å². The highest BCUT2D eigenvalue weighted by Crippen LogP contribution is 2.23. The normalized spacial score (nSPS) is 18.7. The lowest BCUT2D eigenvalue weighted by atomic mass is 9.91. The molecule has 5 nitrogen and oxygen atoms in total. The average molecular weight is 473 g/mol. The Balaban J connectivity index is 0.000000231. The Bertz CT molecular complexity index is 596. The molecular formula is C24H38Cl2N2O3. The van der Waals surface area contributed by atoms with Gasteiger partial charge in [-0.2, -0.15) is 0 Å². The number of halogens is 2. The fourth-order valence-corrected chi connectivity index (χ4v) is 4.86. The van der Waals surface area contributed by atoms with Gasteiger partial charge in [0.1, 0.15) is 0 Å². The molecule has 1 unspecified atom stereocenters. The van der Waals surface area contributed by atoms with Crippen LogP contribution in [0.4, 0.5) is 5.69 Å². The van der Waals surface area contributed by atoms with E-state index in [1.165, 1.54) is 64.2 Å². The second-order valence-corrected chi connectivity index (χ2v) is 9.29. The summed E-state index contributed by atoms with van der Waals surface area (Å²) < 4.78 is 0. The molecule has 1 aromatic carbocycles. The maximum atomic E-state index is 10.6. The number of anilines is 1. The van der Waals surface area contributed by atoms with Gasteiger partial charge in [0.15, 0.2) is 6.10 Å². The van der Waals surface area contributed by atoms with E-state index in [-0.39, 0.29) is 0 Å². The maximum absolute atomic E-state index is 10.6. The van der Waals surface area contributed by atoms with Gasteiger partial charge in [-0.3, -0.25) is 0 Å². The van der Waals surface area contributed by atoms with Crippen molar-refractivity contribution in [2.75, 3.05) is 29.7 Å². The number of alkyl halides is 2. The molecule has 2 aliphatic rings. The number of carbonyl (C=O) groups is 1. The van der Waals surface area contributed by atoms with Crippen molar-refractivity contribution in [2.24, 2.45) is 0 Å². The fourth-order valence-electron chi connectivity index (χ4n) is 4.46. The first-order valence-corrected chi connectivity index (χ1v) is 12.8. The van der Waals surface area contributed by atoms with Crippen LogP contribution in [0, 0.1) is 0 Å². The third-order valence-electron chi connectivity index (χ3n) is 6.20. The van der Waals surface area contributed by atoms with E-state index >= 15 is 0 Å². The van der Waals surface area contributed by atoms with Gasteiger partial charge in [-0.1, -0.05) is 50.7 Å². The van der Waals surface area contributed by atoms with Gasteiger partial charge < -0.3 is 20.4 Å². The summed E-state index contributed by atoms with van der Waals surface area (Å²) in [7, 11) is 0. The highest BCUT2D eigenvalue weighted by Gasteiger charge is 2.19. The highest BCUT2D eigenvalue weighted by atomic mass is 35.5. The van der Waals surface area contributed by atoms with Gasteiger partial charge >= 0.3 is 5.97 Å². The minimum Gasteiger partial charge on any atom is -0.479 e. The highest BCUT2D eigenvalue weighted by molar-refractivity contribution is 6.18. The average Bonchev–Trinajstić information content (AvgIpc) is 2.80. The molecule has 0 radical (unpaired) electrons. The summed E-state index contributed by atoms with van der Waals surface area (Å²) in [5.74, 6) is -0.298. The van der Waals surface area contributed by atoms with Crippen molar-refractivity contribution < 1.29 is 15.0 Å². The molecule has 1 atom stereocenters. The minimum absolute atomic E-state index is 0.350. The number of nitrogens with one attached hydrogen (secondary N) is 1. The number of aliphatic hydroxyl groups is 1. The first-order valence-electron chi connectivity index (χ1n) is 11.7. The van der Waals surface area contributed by atoms with Crippen molar-refractivity contribution >= 4 is 34.9 Å². The maximum Gasteiger partial charge on any atom is 0.337 e. The molecule has 0 spiro atoms. The number of hydrogen-bond acceptors (Lipinski definition) is 4. The Morgan fingerprint density at radius 1 is 0.903 bits per heavy atom. The van der Waals surface area contributed by atoms with Crippen LogP contribution in [-0.4, -0.2) is 53.1 Å². The molecule has 0 heterocycles. The molecule has 2 fully saturated rings. The number of benzene rings is 1. The van der Waals surface area contributed by atoms with E-state index in [2.05, 4.69) is 5.32 Å². The van der Waals surface area contributed by atoms with Crippen LogP contribution in [-0.2, 0) is 4.79 Å². The van der Waals surface area contributed by atoms with Crippen LogP contribution in [0.3, 0.4) is 0 Å². The van der Waals surface area contributed by atoms with Crippen LogP contribution in [0.1, 0.15) is 75.9 Å². The lowest BCUT2D eigenvalue weighted by Crippen LogP contribution is -2.40. The summed E-state index contributed by atoms with van der Waals surface area (Å²) >= 11 is 11.4. The van der Waals surface area contributed by atoms with Crippen LogP contribution >= 0.6 is 23.2 Å². The number of carboxylic acids is 1. The van der Waals surface area contributed by atoms with Crippen molar-refractivity contribution in [1.82, 2.24) is 5.32 Å². The number of carboxylic acid groups (broad SMARTS) is 1. The van der Waals surface area contributed by atoms with E-state index in [9.17, 15) is 9.90 Å². The largest absolute Gasteiger partial charge is 0.479 e. The molecule has 31 heavy (non-hydrogen) atoms. The Morgan fingerprint density at radius 3 is 1.74 bits per heavy atom. The number of hydrogen-bond donors (Lipinski definition) is 3. The van der Waals surface area contributed by atoms with Crippen LogP contribution in [0.15, 0.2) is 24.3 Å². The van der Waals surface area contributed by atoms with Gasteiger partial charge in [-0.25, -0.2) is 4.79 Å². The summed E-state index contributed by atoms with van der Waals surface area (Å²) in [4.78, 5) is 12.6. The third kappa shape index (κ3) is 9.56. The summed E-state index contributed by atoms with van der Waals surface area (Å²) in [5.41, 5.74) is 1.25. The number of nitrogens with zero attached hydrogens (tertiary/aromatic N) is 1. The molecule has 176 valence electrons. The number of aliphatic carboxylic acids is 1. The fraction of sp³-hybridized carbons (Fsp3) is 0.708. The molecule has 3 N–H and O–H groups in total. The monoisotopic (exact) mass is 472 g/mol. The van der Waals surface area contributed by atoms with Crippen LogP contribution in [0.25, 0.3) is 0 Å².